The molecule has 0 spiro atoms. The molecule has 3 N–H and O–H groups in total. The van der Waals surface area contributed by atoms with E-state index in [1.54, 1.807) is 12.4 Å². The fourth-order valence-electron chi connectivity index (χ4n) is 3.98. The van der Waals surface area contributed by atoms with E-state index in [0.717, 1.165) is 41.8 Å². The number of nitrogens with zero attached hydrogens (tertiary/aromatic N) is 3. The van der Waals surface area contributed by atoms with Gasteiger partial charge < -0.3 is 11.1 Å². The Bertz CT molecular complexity index is 933. The Balaban J connectivity index is 0.00000160. The summed E-state index contributed by atoms with van der Waals surface area (Å²) in [5, 5.41) is 7.89. The molecule has 0 aliphatic heterocycles. The van der Waals surface area contributed by atoms with Gasteiger partial charge in [-0.2, -0.15) is 5.10 Å². The van der Waals surface area contributed by atoms with E-state index in [1.165, 1.54) is 0 Å². The first-order valence-electron chi connectivity index (χ1n) is 9.78. The average molecular weight is 448 g/mol. The van der Waals surface area contributed by atoms with Crippen molar-refractivity contribution in [1.82, 2.24) is 20.1 Å². The molecule has 1 aliphatic carbocycles. The lowest BCUT2D eigenvalue weighted by Gasteiger charge is -2.17. The fraction of sp³-hybridized carbons (Fsp3) is 0.318. The molecular weight excluding hydrogens is 421 g/mol. The molecule has 2 aromatic heterocycles. The Morgan fingerprint density at radius 2 is 1.83 bits per heavy atom. The van der Waals surface area contributed by atoms with Crippen molar-refractivity contribution >= 4 is 30.7 Å². The van der Waals surface area contributed by atoms with E-state index in [-0.39, 0.29) is 36.6 Å². The molecule has 1 fully saturated rings. The second kappa shape index (κ2) is 11.1. The zero-order chi connectivity index (χ0) is 19.3. The van der Waals surface area contributed by atoms with Gasteiger partial charge >= 0.3 is 0 Å². The summed E-state index contributed by atoms with van der Waals surface area (Å²) in [5.41, 5.74) is 9.63. The number of aromatic nitrogens is 3. The van der Waals surface area contributed by atoms with Crippen LogP contribution in [-0.2, 0) is 11.3 Å². The van der Waals surface area contributed by atoms with Crippen LogP contribution in [-0.4, -0.2) is 27.2 Å². The SMILES string of the molecule is Cl.Cl.NC[C@H]1CCC[C@H]1C(=O)NCc1cn(-c2ccccc2)nc1-c1ccncc1. The van der Waals surface area contributed by atoms with Gasteiger partial charge in [-0.1, -0.05) is 24.6 Å². The van der Waals surface area contributed by atoms with Gasteiger partial charge in [-0.05, 0) is 49.6 Å². The second-order valence-corrected chi connectivity index (χ2v) is 7.27. The van der Waals surface area contributed by atoms with Crippen LogP contribution in [0.5, 0.6) is 0 Å². The van der Waals surface area contributed by atoms with Crippen LogP contribution >= 0.6 is 24.8 Å². The standard InChI is InChI=1S/C22H25N5O.2ClH/c23-13-17-5-4-8-20(17)22(28)25-14-18-15-27(19-6-2-1-3-7-19)26-21(18)16-9-11-24-12-10-16;;/h1-3,6-7,9-12,15,17,20H,4-5,8,13-14,23H2,(H,25,28);2*1H/t17-,20-;;/m1../s1. The highest BCUT2D eigenvalue weighted by molar-refractivity contribution is 5.85. The van der Waals surface area contributed by atoms with Crippen LogP contribution in [0.15, 0.2) is 61.1 Å². The quantitative estimate of drug-likeness (QED) is 0.601. The lowest BCUT2D eigenvalue weighted by Crippen LogP contribution is -2.34. The van der Waals surface area contributed by atoms with E-state index in [1.807, 2.05) is 53.3 Å². The van der Waals surface area contributed by atoms with Crippen molar-refractivity contribution < 1.29 is 4.79 Å². The van der Waals surface area contributed by atoms with Gasteiger partial charge in [-0.3, -0.25) is 9.78 Å². The van der Waals surface area contributed by atoms with Crippen LogP contribution < -0.4 is 11.1 Å². The van der Waals surface area contributed by atoms with Gasteiger partial charge in [-0.15, -0.1) is 24.8 Å². The Morgan fingerprint density at radius 1 is 1.10 bits per heavy atom. The molecule has 3 aromatic rings. The first-order chi connectivity index (χ1) is 13.8. The fourth-order valence-corrected chi connectivity index (χ4v) is 3.98. The zero-order valence-corrected chi connectivity index (χ0v) is 18.2. The van der Waals surface area contributed by atoms with Gasteiger partial charge in [0.15, 0.2) is 0 Å². The molecule has 30 heavy (non-hydrogen) atoms. The van der Waals surface area contributed by atoms with E-state index >= 15 is 0 Å². The summed E-state index contributed by atoms with van der Waals surface area (Å²) in [6.45, 7) is 1.02. The predicted molar refractivity (Wildman–Crippen MR) is 123 cm³/mol. The molecule has 6 nitrogen and oxygen atoms in total. The maximum absolute atomic E-state index is 12.7. The molecule has 0 radical (unpaired) electrons. The molecule has 4 rings (SSSR count). The number of amides is 1. The number of hydrogen-bond donors (Lipinski definition) is 2. The van der Waals surface area contributed by atoms with Crippen molar-refractivity contribution in [3.05, 3.63) is 66.6 Å². The van der Waals surface area contributed by atoms with Crippen molar-refractivity contribution in [1.29, 1.82) is 0 Å². The minimum absolute atomic E-state index is 0. The number of halogens is 2. The molecule has 2 atom stereocenters. The highest BCUT2D eigenvalue weighted by Gasteiger charge is 2.31. The van der Waals surface area contributed by atoms with E-state index in [0.29, 0.717) is 19.0 Å². The van der Waals surface area contributed by atoms with Gasteiger partial charge in [0.1, 0.15) is 0 Å². The van der Waals surface area contributed by atoms with E-state index in [4.69, 9.17) is 10.8 Å². The molecule has 1 amide bonds. The predicted octanol–water partition coefficient (Wildman–Crippen LogP) is 3.77. The number of carbonyl (C=O) groups is 1. The topological polar surface area (TPSA) is 85.8 Å². The number of para-hydroxylation sites is 1. The molecule has 0 saturated heterocycles. The summed E-state index contributed by atoms with van der Waals surface area (Å²) in [5.74, 6) is 0.423. The third-order valence-corrected chi connectivity index (χ3v) is 5.52. The first-order valence-corrected chi connectivity index (χ1v) is 9.78. The second-order valence-electron chi connectivity index (χ2n) is 7.27. The number of hydrogen-bond acceptors (Lipinski definition) is 4. The van der Waals surface area contributed by atoms with Crippen LogP contribution in [0.3, 0.4) is 0 Å². The Morgan fingerprint density at radius 3 is 2.53 bits per heavy atom. The van der Waals surface area contributed by atoms with Crippen molar-refractivity contribution in [3.63, 3.8) is 0 Å². The van der Waals surface area contributed by atoms with Gasteiger partial charge in [0.2, 0.25) is 5.91 Å². The van der Waals surface area contributed by atoms with Crippen LogP contribution in [0.25, 0.3) is 16.9 Å². The van der Waals surface area contributed by atoms with E-state index in [2.05, 4.69) is 10.3 Å². The monoisotopic (exact) mass is 447 g/mol. The lowest BCUT2D eigenvalue weighted by molar-refractivity contribution is -0.126. The number of rotatable bonds is 6. The molecular formula is C22H27Cl2N5O. The van der Waals surface area contributed by atoms with Crippen LogP contribution in [0.1, 0.15) is 24.8 Å². The number of nitrogens with one attached hydrogen (secondary N) is 1. The highest BCUT2D eigenvalue weighted by Crippen LogP contribution is 2.31. The van der Waals surface area contributed by atoms with Crippen LogP contribution in [0.4, 0.5) is 0 Å². The summed E-state index contributed by atoms with van der Waals surface area (Å²) in [6.07, 6.45) is 8.54. The Hall–Kier alpha value is -2.41. The van der Waals surface area contributed by atoms with Crippen molar-refractivity contribution in [3.8, 4) is 16.9 Å². The number of carbonyl (C=O) groups excluding carboxylic acids is 1. The highest BCUT2D eigenvalue weighted by atomic mass is 35.5. The van der Waals surface area contributed by atoms with E-state index in [9.17, 15) is 4.79 Å². The molecule has 0 unspecified atom stereocenters. The van der Waals surface area contributed by atoms with Crippen molar-refractivity contribution in [2.45, 2.75) is 25.8 Å². The summed E-state index contributed by atoms with van der Waals surface area (Å²) in [7, 11) is 0. The molecule has 1 aliphatic rings. The Labute approximate surface area is 189 Å². The minimum Gasteiger partial charge on any atom is -0.352 e. The van der Waals surface area contributed by atoms with Gasteiger partial charge in [0, 0.05) is 42.2 Å². The van der Waals surface area contributed by atoms with Gasteiger partial charge in [0.25, 0.3) is 0 Å². The average Bonchev–Trinajstić information content (AvgIpc) is 3.40. The van der Waals surface area contributed by atoms with Gasteiger partial charge in [-0.25, -0.2) is 4.68 Å². The maximum atomic E-state index is 12.7. The zero-order valence-electron chi connectivity index (χ0n) is 16.6. The summed E-state index contributed by atoms with van der Waals surface area (Å²) >= 11 is 0. The third-order valence-electron chi connectivity index (χ3n) is 5.52. The van der Waals surface area contributed by atoms with Gasteiger partial charge in [0.05, 0.1) is 11.4 Å². The summed E-state index contributed by atoms with van der Waals surface area (Å²) in [4.78, 5) is 16.8. The molecule has 160 valence electrons. The summed E-state index contributed by atoms with van der Waals surface area (Å²) < 4.78 is 1.86. The van der Waals surface area contributed by atoms with E-state index < -0.39 is 0 Å². The largest absolute Gasteiger partial charge is 0.352 e. The third kappa shape index (κ3) is 5.19. The van der Waals surface area contributed by atoms with Crippen LogP contribution in [0, 0.1) is 11.8 Å². The normalized spacial score (nSPS) is 17.6. The van der Waals surface area contributed by atoms with Crippen molar-refractivity contribution in [2.75, 3.05) is 6.54 Å². The molecule has 0 bridgehead atoms. The molecule has 1 aromatic carbocycles. The number of nitrogens with two attached hydrogens (primary N) is 1. The number of benzene rings is 1. The number of pyridine rings is 1. The smallest absolute Gasteiger partial charge is 0.223 e. The van der Waals surface area contributed by atoms with Crippen LogP contribution in [0.2, 0.25) is 0 Å². The minimum atomic E-state index is 0. The molecule has 2 heterocycles. The maximum Gasteiger partial charge on any atom is 0.223 e. The first kappa shape index (κ1) is 23.9. The molecule has 1 saturated carbocycles. The Kier molecular flexibility index (Phi) is 8.84. The summed E-state index contributed by atoms with van der Waals surface area (Å²) in [6, 6.07) is 13.8. The lowest BCUT2D eigenvalue weighted by atomic mass is 9.95. The molecule has 8 heteroatoms. The van der Waals surface area contributed by atoms with Crippen molar-refractivity contribution in [2.24, 2.45) is 17.6 Å².